The molecule has 0 amide bonds. The second kappa shape index (κ2) is 9.62. The van der Waals surface area contributed by atoms with Gasteiger partial charge in [-0.2, -0.15) is 0 Å². The van der Waals surface area contributed by atoms with Crippen molar-refractivity contribution in [3.63, 3.8) is 0 Å². The van der Waals surface area contributed by atoms with Crippen molar-refractivity contribution in [2.75, 3.05) is 0 Å². The smallest absolute Gasteiger partial charge is 0.145 e. The van der Waals surface area contributed by atoms with Crippen molar-refractivity contribution in [1.29, 1.82) is 0 Å². The molecule has 0 unspecified atom stereocenters. The zero-order valence-electron chi connectivity index (χ0n) is 34.4. The van der Waals surface area contributed by atoms with Crippen molar-refractivity contribution in [1.82, 2.24) is 9.55 Å². The van der Waals surface area contributed by atoms with Gasteiger partial charge in [-0.15, -0.1) is 0 Å². The van der Waals surface area contributed by atoms with Crippen molar-refractivity contribution < 1.29 is 17.8 Å². The van der Waals surface area contributed by atoms with Crippen LogP contribution in [0.4, 0.5) is 0 Å². The zero-order valence-corrected chi connectivity index (χ0v) is 21.4. The lowest BCUT2D eigenvalue weighted by atomic mass is 9.86. The van der Waals surface area contributed by atoms with Gasteiger partial charge in [0, 0.05) is 11.3 Å². The van der Waals surface area contributed by atoms with Gasteiger partial charge >= 0.3 is 0 Å². The van der Waals surface area contributed by atoms with E-state index in [1.165, 1.54) is 0 Å². The molecule has 0 aliphatic rings. The Kier molecular flexibility index (Phi) is 3.22. The normalized spacial score (nSPS) is 15.9. The van der Waals surface area contributed by atoms with Gasteiger partial charge in [-0.25, -0.2) is 4.98 Å². The summed E-state index contributed by atoms with van der Waals surface area (Å²) in [6.07, 6.45) is 0. The average Bonchev–Trinajstić information content (AvgIpc) is 3.58. The van der Waals surface area contributed by atoms with Crippen LogP contribution in [-0.4, -0.2) is 9.55 Å². The highest BCUT2D eigenvalue weighted by molar-refractivity contribution is 6.21. The van der Waals surface area contributed by atoms with Crippen LogP contribution in [0.15, 0.2) is 157 Å². The number of hydrogen-bond donors (Lipinski definition) is 0. The molecule has 0 aliphatic carbocycles. The highest BCUT2D eigenvalue weighted by Gasteiger charge is 2.18. The van der Waals surface area contributed by atoms with Crippen LogP contribution >= 0.6 is 0 Å². The number of nitrogens with zero attached hydrogens (tertiary/aromatic N) is 2. The summed E-state index contributed by atoms with van der Waals surface area (Å²) >= 11 is 0. The lowest BCUT2D eigenvalue weighted by Gasteiger charge is -2.18. The maximum absolute atomic E-state index is 9.17. The SMILES string of the molecule is [2H]c1c([2H])c([2H])c(-c2c3c([2H])c([2H])c([2H])c([2H])c3c(-c3ccc(-n4c(-c5ccccc5)nc5ccccc54)cc3)c3c([2H])c([2H])c([2H])c([2H])c23)c([2H])c1[2H]. The molecule has 0 saturated heterocycles. The van der Waals surface area contributed by atoms with Gasteiger partial charge in [0.2, 0.25) is 0 Å². The second-order valence-electron chi connectivity index (χ2n) is 9.42. The van der Waals surface area contributed by atoms with E-state index in [9.17, 15) is 2.74 Å². The number of para-hydroxylation sites is 2. The highest BCUT2D eigenvalue weighted by Crippen LogP contribution is 2.43. The molecular weight excluding hydrogens is 496 g/mol. The molecule has 7 aromatic carbocycles. The Labute approximate surface area is 257 Å². The molecule has 0 aliphatic heterocycles. The first kappa shape index (κ1) is 13.7. The van der Waals surface area contributed by atoms with Crippen LogP contribution in [0, 0.1) is 0 Å². The lowest BCUT2D eigenvalue weighted by Crippen LogP contribution is -1.97. The molecule has 0 bridgehead atoms. The van der Waals surface area contributed by atoms with Gasteiger partial charge < -0.3 is 0 Å². The van der Waals surface area contributed by atoms with E-state index in [0.29, 0.717) is 17.1 Å². The lowest BCUT2D eigenvalue weighted by molar-refractivity contribution is 1.10. The number of fused-ring (bicyclic) bond motifs is 3. The number of hydrogen-bond acceptors (Lipinski definition) is 1. The first-order valence-corrected chi connectivity index (χ1v) is 12.9. The molecule has 0 radical (unpaired) electrons. The third-order valence-electron chi connectivity index (χ3n) is 7.13. The largest absolute Gasteiger partial charge is 0.292 e. The van der Waals surface area contributed by atoms with Crippen LogP contribution in [0.2, 0.25) is 0 Å². The van der Waals surface area contributed by atoms with E-state index in [4.69, 9.17) is 20.1 Å². The average molecular weight is 536 g/mol. The Morgan fingerprint density at radius 2 is 1.00 bits per heavy atom. The standard InChI is InChI=1S/C39H26N2/c1-3-13-27(14-4-1)37-31-17-7-9-19-33(31)38(34-20-10-8-18-32(34)37)28-23-25-30(26-24-28)41-36-22-12-11-21-35(36)40-39(41)29-15-5-2-6-16-29/h1-26H/i1D,3D,4D,7D,8D,9D,10D,13D,14D,17D,18D,19D,20D. The summed E-state index contributed by atoms with van der Waals surface area (Å²) in [4.78, 5) is 4.90. The maximum Gasteiger partial charge on any atom is 0.145 e. The van der Waals surface area contributed by atoms with Crippen LogP contribution in [-0.2, 0) is 0 Å². The molecular formula is C39H26N2. The van der Waals surface area contributed by atoms with Gasteiger partial charge in [0.25, 0.3) is 0 Å². The molecule has 0 spiro atoms. The van der Waals surface area contributed by atoms with Crippen molar-refractivity contribution in [3.05, 3.63) is 157 Å². The Bertz CT molecular complexity index is 2790. The van der Waals surface area contributed by atoms with Crippen LogP contribution < -0.4 is 0 Å². The van der Waals surface area contributed by atoms with Crippen molar-refractivity contribution in [3.8, 4) is 39.3 Å². The molecule has 192 valence electrons. The predicted molar refractivity (Wildman–Crippen MR) is 172 cm³/mol. The molecule has 1 aromatic heterocycles. The van der Waals surface area contributed by atoms with E-state index in [-0.39, 0.29) is 32.7 Å². The third-order valence-corrected chi connectivity index (χ3v) is 7.13. The summed E-state index contributed by atoms with van der Waals surface area (Å²) < 4.78 is 116. The van der Waals surface area contributed by atoms with E-state index in [0.717, 1.165) is 16.6 Å². The molecule has 0 atom stereocenters. The minimum atomic E-state index is -0.712. The molecule has 2 heteroatoms. The van der Waals surface area contributed by atoms with Crippen molar-refractivity contribution >= 4 is 32.6 Å². The molecule has 0 saturated carbocycles. The van der Waals surface area contributed by atoms with Crippen LogP contribution in [0.25, 0.3) is 71.9 Å². The molecule has 0 fully saturated rings. The van der Waals surface area contributed by atoms with Gasteiger partial charge in [-0.05, 0) is 68.1 Å². The van der Waals surface area contributed by atoms with E-state index >= 15 is 0 Å². The Hall–Kier alpha value is -5.47. The molecule has 0 N–H and O–H groups in total. The topological polar surface area (TPSA) is 17.8 Å². The number of benzene rings is 7. The van der Waals surface area contributed by atoms with Crippen LogP contribution in [0.3, 0.4) is 0 Å². The van der Waals surface area contributed by atoms with Gasteiger partial charge in [-0.3, -0.25) is 4.57 Å². The Morgan fingerprint density at radius 3 is 1.63 bits per heavy atom. The fourth-order valence-corrected chi connectivity index (χ4v) is 5.38. The van der Waals surface area contributed by atoms with Gasteiger partial charge in [0.1, 0.15) is 5.82 Å². The fraction of sp³-hybridized carbons (Fsp3) is 0. The summed E-state index contributed by atoms with van der Waals surface area (Å²) in [5, 5.41) is -0.761. The molecule has 8 aromatic rings. The summed E-state index contributed by atoms with van der Waals surface area (Å²) in [5.74, 6) is 0.673. The van der Waals surface area contributed by atoms with Crippen LogP contribution in [0.5, 0.6) is 0 Å². The third kappa shape index (κ3) is 3.84. The second-order valence-corrected chi connectivity index (χ2v) is 9.42. The summed E-state index contributed by atoms with van der Waals surface area (Å²) in [5.41, 5.74) is 2.80. The van der Waals surface area contributed by atoms with Crippen LogP contribution in [0.1, 0.15) is 17.8 Å². The van der Waals surface area contributed by atoms with E-state index < -0.39 is 84.1 Å². The number of rotatable bonds is 4. The fourth-order valence-electron chi connectivity index (χ4n) is 5.38. The van der Waals surface area contributed by atoms with Gasteiger partial charge in [0.05, 0.1) is 28.9 Å². The first-order valence-electron chi connectivity index (χ1n) is 19.4. The molecule has 41 heavy (non-hydrogen) atoms. The molecule has 8 rings (SSSR count). The molecule has 2 nitrogen and oxygen atoms in total. The minimum Gasteiger partial charge on any atom is -0.292 e. The Morgan fingerprint density at radius 1 is 0.463 bits per heavy atom. The van der Waals surface area contributed by atoms with Gasteiger partial charge in [0.15, 0.2) is 0 Å². The van der Waals surface area contributed by atoms with E-state index in [1.54, 1.807) is 24.3 Å². The minimum absolute atomic E-state index is 0.0699. The van der Waals surface area contributed by atoms with E-state index in [1.807, 2.05) is 59.2 Å². The van der Waals surface area contributed by atoms with Crippen molar-refractivity contribution in [2.45, 2.75) is 0 Å². The summed E-state index contributed by atoms with van der Waals surface area (Å²) in [6, 6.07) is 15.9. The number of imidazole rings is 1. The number of aromatic nitrogens is 2. The maximum atomic E-state index is 9.17. The van der Waals surface area contributed by atoms with E-state index in [2.05, 4.69) is 0 Å². The zero-order chi connectivity index (χ0) is 38.5. The Balaban J connectivity index is 1.54. The highest BCUT2D eigenvalue weighted by atomic mass is 15.1. The first-order chi connectivity index (χ1) is 25.8. The van der Waals surface area contributed by atoms with Crippen molar-refractivity contribution in [2.24, 2.45) is 0 Å². The predicted octanol–water partition coefficient (Wildman–Crippen LogP) is 10.3. The summed E-state index contributed by atoms with van der Waals surface area (Å²) in [6.45, 7) is 0. The van der Waals surface area contributed by atoms with Gasteiger partial charge in [-0.1, -0.05) is 133 Å². The monoisotopic (exact) mass is 535 g/mol. The molecule has 1 heterocycles. The summed E-state index contributed by atoms with van der Waals surface area (Å²) in [7, 11) is 0. The quantitative estimate of drug-likeness (QED) is 0.205.